The first-order valence-corrected chi connectivity index (χ1v) is 5.42. The molecule has 2 N–H and O–H groups in total. The van der Waals surface area contributed by atoms with Gasteiger partial charge in [0.15, 0.2) is 0 Å². The Kier molecular flexibility index (Phi) is 3.15. The number of aryl methyl sites for hydroxylation is 1. The second-order valence-electron chi connectivity index (χ2n) is 3.97. The summed E-state index contributed by atoms with van der Waals surface area (Å²) in [6.07, 6.45) is 3.96. The van der Waals surface area contributed by atoms with Gasteiger partial charge in [0.1, 0.15) is 11.5 Å². The molecule has 0 aliphatic carbocycles. The minimum absolute atomic E-state index is 0.267. The molecule has 0 unspecified atom stereocenters. The molecule has 0 saturated heterocycles. The number of hydrogen-bond acceptors (Lipinski definition) is 2. The predicted molar refractivity (Wildman–Crippen MR) is 69.9 cm³/mol. The summed E-state index contributed by atoms with van der Waals surface area (Å²) >= 11 is 0. The lowest BCUT2D eigenvalue weighted by molar-refractivity contribution is 0.474. The maximum absolute atomic E-state index is 9.30. The molecule has 0 aliphatic rings. The van der Waals surface area contributed by atoms with E-state index in [1.54, 1.807) is 24.3 Å². The van der Waals surface area contributed by atoms with Gasteiger partial charge in [0.2, 0.25) is 0 Å². The lowest BCUT2D eigenvalue weighted by atomic mass is 10.1. The van der Waals surface area contributed by atoms with E-state index >= 15 is 0 Å². The van der Waals surface area contributed by atoms with Gasteiger partial charge in [-0.2, -0.15) is 0 Å². The molecule has 2 heteroatoms. The van der Waals surface area contributed by atoms with Crippen molar-refractivity contribution in [1.82, 2.24) is 0 Å². The molecular weight excluding hydrogens is 212 g/mol. The summed E-state index contributed by atoms with van der Waals surface area (Å²) in [5.41, 5.74) is 3.12. The maximum atomic E-state index is 9.30. The molecule has 0 radical (unpaired) electrons. The van der Waals surface area contributed by atoms with Crippen LogP contribution in [0.15, 0.2) is 42.5 Å². The van der Waals surface area contributed by atoms with Crippen LogP contribution in [0.1, 0.15) is 16.7 Å². The maximum Gasteiger partial charge on any atom is 0.115 e. The van der Waals surface area contributed by atoms with E-state index in [-0.39, 0.29) is 11.5 Å². The van der Waals surface area contributed by atoms with Crippen LogP contribution in [-0.2, 0) is 0 Å². The number of aromatic hydroxyl groups is 2. The van der Waals surface area contributed by atoms with Crippen molar-refractivity contribution in [1.29, 1.82) is 0 Å². The van der Waals surface area contributed by atoms with Crippen molar-refractivity contribution < 1.29 is 10.2 Å². The minimum Gasteiger partial charge on any atom is -0.508 e. The normalized spacial score (nSPS) is 10.9. The van der Waals surface area contributed by atoms with Gasteiger partial charge in [-0.3, -0.25) is 0 Å². The third kappa shape index (κ3) is 2.88. The second-order valence-corrected chi connectivity index (χ2v) is 3.97. The van der Waals surface area contributed by atoms with Gasteiger partial charge in [-0.15, -0.1) is 0 Å². The number of phenolic OH excluding ortho intramolecular Hbond substituents is 2. The summed E-state index contributed by atoms with van der Waals surface area (Å²) < 4.78 is 0. The van der Waals surface area contributed by atoms with Gasteiger partial charge in [-0.25, -0.2) is 0 Å². The molecule has 0 fully saturated rings. The van der Waals surface area contributed by atoms with Crippen molar-refractivity contribution in [3.05, 3.63) is 59.2 Å². The van der Waals surface area contributed by atoms with E-state index in [0.717, 1.165) is 16.7 Å². The Morgan fingerprint density at radius 3 is 2.12 bits per heavy atom. The molecule has 2 aromatic rings. The zero-order valence-electron chi connectivity index (χ0n) is 9.59. The van der Waals surface area contributed by atoms with Crippen LogP contribution in [0.5, 0.6) is 11.5 Å². The molecule has 0 aromatic heterocycles. The molecule has 17 heavy (non-hydrogen) atoms. The number of rotatable bonds is 2. The van der Waals surface area contributed by atoms with Gasteiger partial charge in [0.25, 0.3) is 0 Å². The number of benzene rings is 2. The van der Waals surface area contributed by atoms with E-state index in [9.17, 15) is 5.11 Å². The average Bonchev–Trinajstić information content (AvgIpc) is 2.30. The molecule has 0 saturated carbocycles. The fourth-order valence-electron chi connectivity index (χ4n) is 1.62. The van der Waals surface area contributed by atoms with Gasteiger partial charge in [0.05, 0.1) is 0 Å². The topological polar surface area (TPSA) is 40.5 Å². The third-order valence-corrected chi connectivity index (χ3v) is 2.60. The van der Waals surface area contributed by atoms with Crippen molar-refractivity contribution >= 4 is 12.2 Å². The van der Waals surface area contributed by atoms with Gasteiger partial charge >= 0.3 is 0 Å². The van der Waals surface area contributed by atoms with E-state index in [4.69, 9.17) is 5.11 Å². The first-order chi connectivity index (χ1) is 8.15. The van der Waals surface area contributed by atoms with E-state index in [1.807, 2.05) is 37.3 Å². The van der Waals surface area contributed by atoms with Gasteiger partial charge in [-0.1, -0.05) is 30.4 Å². The van der Waals surface area contributed by atoms with Crippen molar-refractivity contribution in [2.75, 3.05) is 0 Å². The van der Waals surface area contributed by atoms with E-state index in [2.05, 4.69) is 0 Å². The zero-order valence-corrected chi connectivity index (χ0v) is 9.59. The quantitative estimate of drug-likeness (QED) is 0.768. The van der Waals surface area contributed by atoms with Crippen molar-refractivity contribution in [3.63, 3.8) is 0 Å². The third-order valence-electron chi connectivity index (χ3n) is 2.60. The molecule has 0 aliphatic heterocycles. The van der Waals surface area contributed by atoms with E-state index in [1.165, 1.54) is 0 Å². The Morgan fingerprint density at radius 2 is 1.47 bits per heavy atom. The van der Waals surface area contributed by atoms with Gasteiger partial charge < -0.3 is 10.2 Å². The first-order valence-electron chi connectivity index (χ1n) is 5.42. The smallest absolute Gasteiger partial charge is 0.115 e. The minimum atomic E-state index is 0.267. The molecule has 86 valence electrons. The number of phenols is 2. The lowest BCUT2D eigenvalue weighted by Gasteiger charge is -2.01. The van der Waals surface area contributed by atoms with Gasteiger partial charge in [-0.05, 0) is 47.9 Å². The summed E-state index contributed by atoms with van der Waals surface area (Å²) in [5, 5.41) is 18.5. The molecule has 0 amide bonds. The zero-order chi connectivity index (χ0) is 12.3. The van der Waals surface area contributed by atoms with Crippen LogP contribution in [0.3, 0.4) is 0 Å². The van der Waals surface area contributed by atoms with Crippen LogP contribution in [0.4, 0.5) is 0 Å². The molecule has 0 spiro atoms. The second kappa shape index (κ2) is 4.74. The van der Waals surface area contributed by atoms with E-state index in [0.29, 0.717) is 0 Å². The SMILES string of the molecule is Cc1cc(O)ccc1/C=C/c1ccc(O)cc1. The summed E-state index contributed by atoms with van der Waals surface area (Å²) in [5.74, 6) is 0.548. The predicted octanol–water partition coefficient (Wildman–Crippen LogP) is 3.58. The Morgan fingerprint density at radius 1 is 0.824 bits per heavy atom. The fourth-order valence-corrected chi connectivity index (χ4v) is 1.62. The lowest BCUT2D eigenvalue weighted by Crippen LogP contribution is -1.79. The summed E-state index contributed by atoms with van der Waals surface area (Å²) in [6, 6.07) is 12.3. The number of hydrogen-bond donors (Lipinski definition) is 2. The first kappa shape index (κ1) is 11.3. The molecule has 0 heterocycles. The van der Waals surface area contributed by atoms with E-state index < -0.39 is 0 Å². The standard InChI is InChI=1S/C15H14O2/c1-11-10-15(17)9-6-13(11)5-2-12-3-7-14(16)8-4-12/h2-10,16-17H,1H3/b5-2+. The summed E-state index contributed by atoms with van der Waals surface area (Å²) in [4.78, 5) is 0. The largest absolute Gasteiger partial charge is 0.508 e. The Labute approximate surface area is 100 Å². The molecular formula is C15H14O2. The van der Waals surface area contributed by atoms with Gasteiger partial charge in [0, 0.05) is 0 Å². The van der Waals surface area contributed by atoms with Crippen molar-refractivity contribution in [2.24, 2.45) is 0 Å². The van der Waals surface area contributed by atoms with Crippen molar-refractivity contribution in [3.8, 4) is 11.5 Å². The van der Waals surface area contributed by atoms with Crippen LogP contribution in [-0.4, -0.2) is 10.2 Å². The van der Waals surface area contributed by atoms with Crippen LogP contribution >= 0.6 is 0 Å². The van der Waals surface area contributed by atoms with Crippen LogP contribution < -0.4 is 0 Å². The Balaban J connectivity index is 2.23. The molecule has 2 nitrogen and oxygen atoms in total. The summed E-state index contributed by atoms with van der Waals surface area (Å²) in [6.45, 7) is 1.95. The monoisotopic (exact) mass is 226 g/mol. The molecule has 2 rings (SSSR count). The highest BCUT2D eigenvalue weighted by Crippen LogP contribution is 2.18. The Hall–Kier alpha value is -2.22. The molecule has 2 aromatic carbocycles. The highest BCUT2D eigenvalue weighted by molar-refractivity contribution is 5.71. The van der Waals surface area contributed by atoms with Crippen LogP contribution in [0.2, 0.25) is 0 Å². The van der Waals surface area contributed by atoms with Crippen LogP contribution in [0, 0.1) is 6.92 Å². The molecule has 0 atom stereocenters. The fraction of sp³-hybridized carbons (Fsp3) is 0.0667. The van der Waals surface area contributed by atoms with Crippen LogP contribution in [0.25, 0.3) is 12.2 Å². The highest BCUT2D eigenvalue weighted by Gasteiger charge is 1.95. The average molecular weight is 226 g/mol. The molecule has 0 bridgehead atoms. The summed E-state index contributed by atoms with van der Waals surface area (Å²) in [7, 11) is 0. The highest BCUT2D eigenvalue weighted by atomic mass is 16.3. The van der Waals surface area contributed by atoms with Crippen molar-refractivity contribution in [2.45, 2.75) is 6.92 Å². The Bertz CT molecular complexity index is 539.